The second-order valence-corrected chi connectivity index (χ2v) is 4.74. The monoisotopic (exact) mass is 245 g/mol. The van der Waals surface area contributed by atoms with E-state index in [9.17, 15) is 0 Å². The molecule has 0 amide bonds. The van der Waals surface area contributed by atoms with Crippen molar-refractivity contribution in [1.82, 2.24) is 10.1 Å². The number of aryl methyl sites for hydroxylation is 2. The van der Waals surface area contributed by atoms with Crippen LogP contribution in [0.4, 0.5) is 0 Å². The molecule has 0 radical (unpaired) electrons. The SMILES string of the molecule is CCC(N)c1nc(Cc2cc(C)cc(C)c2)no1. The van der Waals surface area contributed by atoms with Crippen LogP contribution in [0.3, 0.4) is 0 Å². The van der Waals surface area contributed by atoms with Crippen molar-refractivity contribution in [2.45, 2.75) is 39.7 Å². The Morgan fingerprint density at radius 1 is 1.22 bits per heavy atom. The highest BCUT2D eigenvalue weighted by Gasteiger charge is 2.13. The van der Waals surface area contributed by atoms with Gasteiger partial charge in [-0.2, -0.15) is 4.98 Å². The molecule has 0 fully saturated rings. The molecule has 4 nitrogen and oxygen atoms in total. The molecule has 0 aliphatic rings. The number of nitrogens with zero attached hydrogens (tertiary/aromatic N) is 2. The van der Waals surface area contributed by atoms with Crippen molar-refractivity contribution in [3.8, 4) is 0 Å². The van der Waals surface area contributed by atoms with Gasteiger partial charge in [0.05, 0.1) is 6.04 Å². The summed E-state index contributed by atoms with van der Waals surface area (Å²) in [6, 6.07) is 6.27. The summed E-state index contributed by atoms with van der Waals surface area (Å²) >= 11 is 0. The molecular formula is C14H19N3O. The fourth-order valence-electron chi connectivity index (χ4n) is 2.02. The van der Waals surface area contributed by atoms with Crippen LogP contribution in [0.2, 0.25) is 0 Å². The lowest BCUT2D eigenvalue weighted by Crippen LogP contribution is -2.08. The van der Waals surface area contributed by atoms with Crippen LogP contribution in [0.1, 0.15) is 47.8 Å². The summed E-state index contributed by atoms with van der Waals surface area (Å²) in [4.78, 5) is 4.33. The van der Waals surface area contributed by atoms with E-state index < -0.39 is 0 Å². The molecule has 1 atom stereocenters. The zero-order valence-electron chi connectivity index (χ0n) is 11.1. The van der Waals surface area contributed by atoms with Crippen LogP contribution < -0.4 is 5.73 Å². The molecule has 1 aromatic carbocycles. The zero-order chi connectivity index (χ0) is 13.1. The topological polar surface area (TPSA) is 64.9 Å². The second kappa shape index (κ2) is 5.31. The van der Waals surface area contributed by atoms with E-state index in [2.05, 4.69) is 42.2 Å². The van der Waals surface area contributed by atoms with Gasteiger partial charge in [0.2, 0.25) is 5.89 Å². The number of benzene rings is 1. The molecular weight excluding hydrogens is 226 g/mol. The third-order valence-electron chi connectivity index (χ3n) is 2.88. The summed E-state index contributed by atoms with van der Waals surface area (Å²) in [6.07, 6.45) is 1.48. The third-order valence-corrected chi connectivity index (χ3v) is 2.88. The largest absolute Gasteiger partial charge is 0.338 e. The van der Waals surface area contributed by atoms with Gasteiger partial charge >= 0.3 is 0 Å². The smallest absolute Gasteiger partial charge is 0.243 e. The molecule has 18 heavy (non-hydrogen) atoms. The predicted octanol–water partition coefficient (Wildman–Crippen LogP) is 2.69. The standard InChI is InChI=1S/C14H19N3O/c1-4-12(15)14-16-13(17-18-14)8-11-6-9(2)5-10(3)7-11/h5-7,12H,4,8,15H2,1-3H3. The van der Waals surface area contributed by atoms with Crippen LogP contribution in [0.5, 0.6) is 0 Å². The van der Waals surface area contributed by atoms with Gasteiger partial charge in [-0.1, -0.05) is 41.4 Å². The molecule has 96 valence electrons. The minimum Gasteiger partial charge on any atom is -0.338 e. The number of rotatable bonds is 4. The Bertz CT molecular complexity index is 513. The molecule has 2 aromatic rings. The first kappa shape index (κ1) is 12.8. The van der Waals surface area contributed by atoms with Gasteiger partial charge in [-0.15, -0.1) is 0 Å². The molecule has 2 N–H and O–H groups in total. The van der Waals surface area contributed by atoms with Crippen molar-refractivity contribution in [2.75, 3.05) is 0 Å². The molecule has 2 rings (SSSR count). The Kier molecular flexibility index (Phi) is 3.77. The summed E-state index contributed by atoms with van der Waals surface area (Å²) in [7, 11) is 0. The van der Waals surface area contributed by atoms with Crippen LogP contribution in [0.15, 0.2) is 22.7 Å². The zero-order valence-corrected chi connectivity index (χ0v) is 11.1. The van der Waals surface area contributed by atoms with Crippen LogP contribution in [0, 0.1) is 13.8 Å². The van der Waals surface area contributed by atoms with Gasteiger partial charge in [0.1, 0.15) is 0 Å². The fraction of sp³-hybridized carbons (Fsp3) is 0.429. The molecule has 1 heterocycles. The lowest BCUT2D eigenvalue weighted by molar-refractivity contribution is 0.348. The number of hydrogen-bond acceptors (Lipinski definition) is 4. The Morgan fingerprint density at radius 3 is 2.50 bits per heavy atom. The van der Waals surface area contributed by atoms with E-state index >= 15 is 0 Å². The van der Waals surface area contributed by atoms with Crippen molar-refractivity contribution < 1.29 is 4.52 Å². The summed E-state index contributed by atoms with van der Waals surface area (Å²) in [5, 5.41) is 3.97. The second-order valence-electron chi connectivity index (χ2n) is 4.74. The minimum atomic E-state index is -0.162. The van der Waals surface area contributed by atoms with Gasteiger partial charge in [0, 0.05) is 6.42 Å². The average molecular weight is 245 g/mol. The van der Waals surface area contributed by atoms with Gasteiger partial charge < -0.3 is 10.3 Å². The predicted molar refractivity (Wildman–Crippen MR) is 70.2 cm³/mol. The lowest BCUT2D eigenvalue weighted by atomic mass is 10.1. The average Bonchev–Trinajstić information content (AvgIpc) is 2.75. The lowest BCUT2D eigenvalue weighted by Gasteiger charge is -2.02. The highest BCUT2D eigenvalue weighted by molar-refractivity contribution is 5.30. The first-order valence-electron chi connectivity index (χ1n) is 6.23. The first-order chi connectivity index (χ1) is 8.58. The van der Waals surface area contributed by atoms with Crippen molar-refractivity contribution >= 4 is 0 Å². The molecule has 0 aliphatic heterocycles. The molecule has 0 bridgehead atoms. The van der Waals surface area contributed by atoms with Gasteiger partial charge in [0.15, 0.2) is 5.82 Å². The molecule has 1 aromatic heterocycles. The number of aromatic nitrogens is 2. The fourth-order valence-corrected chi connectivity index (χ4v) is 2.02. The van der Waals surface area contributed by atoms with E-state index in [1.165, 1.54) is 16.7 Å². The van der Waals surface area contributed by atoms with Gasteiger partial charge in [-0.3, -0.25) is 0 Å². The quantitative estimate of drug-likeness (QED) is 0.899. The molecule has 0 spiro atoms. The van der Waals surface area contributed by atoms with Crippen molar-refractivity contribution in [2.24, 2.45) is 5.73 Å². The molecule has 0 saturated heterocycles. The molecule has 4 heteroatoms. The van der Waals surface area contributed by atoms with Gasteiger partial charge in [-0.05, 0) is 25.8 Å². The molecule has 0 aliphatic carbocycles. The molecule has 1 unspecified atom stereocenters. The third kappa shape index (κ3) is 2.96. The van der Waals surface area contributed by atoms with E-state index in [0.29, 0.717) is 18.1 Å². The van der Waals surface area contributed by atoms with Crippen LogP contribution >= 0.6 is 0 Å². The van der Waals surface area contributed by atoms with Gasteiger partial charge in [-0.25, -0.2) is 0 Å². The van der Waals surface area contributed by atoms with Gasteiger partial charge in [0.25, 0.3) is 0 Å². The van der Waals surface area contributed by atoms with E-state index in [1.807, 2.05) is 6.92 Å². The normalized spacial score (nSPS) is 12.7. The Hall–Kier alpha value is -1.68. The Balaban J connectivity index is 2.16. The molecule has 0 saturated carbocycles. The highest BCUT2D eigenvalue weighted by Crippen LogP contribution is 2.15. The Morgan fingerprint density at radius 2 is 1.89 bits per heavy atom. The van der Waals surface area contributed by atoms with Crippen LogP contribution in [-0.4, -0.2) is 10.1 Å². The number of hydrogen-bond donors (Lipinski definition) is 1. The summed E-state index contributed by atoms with van der Waals surface area (Å²) in [6.45, 7) is 6.18. The van der Waals surface area contributed by atoms with E-state index in [1.54, 1.807) is 0 Å². The maximum absolute atomic E-state index is 5.85. The Labute approximate surface area is 107 Å². The van der Waals surface area contributed by atoms with Crippen molar-refractivity contribution in [1.29, 1.82) is 0 Å². The van der Waals surface area contributed by atoms with E-state index in [4.69, 9.17) is 10.3 Å². The van der Waals surface area contributed by atoms with Crippen LogP contribution in [0.25, 0.3) is 0 Å². The van der Waals surface area contributed by atoms with E-state index in [-0.39, 0.29) is 6.04 Å². The first-order valence-corrected chi connectivity index (χ1v) is 6.23. The maximum atomic E-state index is 5.85. The van der Waals surface area contributed by atoms with E-state index in [0.717, 1.165) is 6.42 Å². The summed E-state index contributed by atoms with van der Waals surface area (Å²) < 4.78 is 5.16. The highest BCUT2D eigenvalue weighted by atomic mass is 16.5. The van der Waals surface area contributed by atoms with Crippen LogP contribution in [-0.2, 0) is 6.42 Å². The van der Waals surface area contributed by atoms with Crippen molar-refractivity contribution in [3.05, 3.63) is 46.6 Å². The summed E-state index contributed by atoms with van der Waals surface area (Å²) in [5.41, 5.74) is 9.55. The summed E-state index contributed by atoms with van der Waals surface area (Å²) in [5.74, 6) is 1.22. The number of nitrogens with two attached hydrogens (primary N) is 1. The maximum Gasteiger partial charge on any atom is 0.243 e. The minimum absolute atomic E-state index is 0.162. The van der Waals surface area contributed by atoms with Crippen molar-refractivity contribution in [3.63, 3.8) is 0 Å².